The van der Waals surface area contributed by atoms with Gasteiger partial charge in [0.25, 0.3) is 5.91 Å². The zero-order valence-corrected chi connectivity index (χ0v) is 14.2. The number of rotatable bonds is 3. The highest BCUT2D eigenvalue weighted by molar-refractivity contribution is 6.01. The van der Waals surface area contributed by atoms with Crippen molar-refractivity contribution in [1.82, 2.24) is 9.88 Å². The van der Waals surface area contributed by atoms with Gasteiger partial charge in [-0.1, -0.05) is 19.9 Å². The van der Waals surface area contributed by atoms with Crippen molar-refractivity contribution in [1.29, 1.82) is 5.26 Å². The van der Waals surface area contributed by atoms with Gasteiger partial charge in [0.2, 0.25) is 0 Å². The lowest BCUT2D eigenvalue weighted by atomic mass is 9.86. The van der Waals surface area contributed by atoms with Gasteiger partial charge in [0.05, 0.1) is 5.69 Å². The minimum atomic E-state index is -4.57. The monoisotopic (exact) mass is 351 g/mol. The number of amides is 1. The first-order valence-electron chi connectivity index (χ1n) is 8.17. The number of hydrogen-bond donors (Lipinski definition) is 0. The summed E-state index contributed by atoms with van der Waals surface area (Å²) in [5.74, 6) is 0.630. The van der Waals surface area contributed by atoms with Crippen LogP contribution in [0.5, 0.6) is 0 Å². The Hall–Kier alpha value is -2.36. The second-order valence-electron chi connectivity index (χ2n) is 6.49. The molecule has 25 heavy (non-hydrogen) atoms. The molecule has 1 saturated heterocycles. The molecule has 0 bridgehead atoms. The average molecular weight is 351 g/mol. The molecule has 1 aromatic heterocycles. The molecule has 7 heteroatoms. The van der Waals surface area contributed by atoms with E-state index in [9.17, 15) is 23.2 Å². The van der Waals surface area contributed by atoms with Crippen molar-refractivity contribution in [2.45, 2.75) is 32.9 Å². The first-order valence-corrected chi connectivity index (χ1v) is 8.17. The lowest BCUT2D eigenvalue weighted by molar-refractivity contribution is -0.141. The standard InChI is InChI=1S/C18H20F3N3O/c1-12(2)13-6-8-24(9-7-13)17(25)14(11-22)10-15-4-3-5-16(23-15)18(19,20)21/h3-5,10,12-13H,6-9H2,1-2H3/b14-10+. The van der Waals surface area contributed by atoms with E-state index in [2.05, 4.69) is 18.8 Å². The fourth-order valence-electron chi connectivity index (χ4n) is 2.92. The van der Waals surface area contributed by atoms with Gasteiger partial charge < -0.3 is 4.90 Å². The molecule has 0 aromatic carbocycles. The van der Waals surface area contributed by atoms with E-state index in [1.54, 1.807) is 11.0 Å². The fraction of sp³-hybridized carbons (Fsp3) is 0.500. The van der Waals surface area contributed by atoms with Gasteiger partial charge in [-0.3, -0.25) is 4.79 Å². The number of nitriles is 1. The molecular weight excluding hydrogens is 331 g/mol. The predicted molar refractivity (Wildman–Crippen MR) is 87.0 cm³/mol. The van der Waals surface area contributed by atoms with Gasteiger partial charge in [0, 0.05) is 13.1 Å². The van der Waals surface area contributed by atoms with Crippen molar-refractivity contribution in [3.63, 3.8) is 0 Å². The van der Waals surface area contributed by atoms with Crippen molar-refractivity contribution in [3.05, 3.63) is 35.2 Å². The maximum atomic E-state index is 12.7. The zero-order chi connectivity index (χ0) is 18.6. The number of piperidine rings is 1. The van der Waals surface area contributed by atoms with E-state index in [1.807, 2.05) is 0 Å². The normalized spacial score (nSPS) is 16.8. The second-order valence-corrected chi connectivity index (χ2v) is 6.49. The SMILES string of the molecule is CC(C)C1CCN(C(=O)/C(C#N)=C/c2cccc(C(F)(F)F)n2)CC1. The molecule has 0 spiro atoms. The molecule has 0 atom stereocenters. The number of alkyl halides is 3. The van der Waals surface area contributed by atoms with Gasteiger partial charge in [-0.2, -0.15) is 18.4 Å². The molecule has 1 aliphatic rings. The molecule has 4 nitrogen and oxygen atoms in total. The van der Waals surface area contributed by atoms with Crippen LogP contribution in [0.25, 0.3) is 6.08 Å². The van der Waals surface area contributed by atoms with E-state index in [0.29, 0.717) is 24.9 Å². The first kappa shape index (κ1) is 19.0. The van der Waals surface area contributed by atoms with Crippen molar-refractivity contribution in [2.24, 2.45) is 11.8 Å². The molecule has 0 radical (unpaired) electrons. The number of halogens is 3. The van der Waals surface area contributed by atoms with Gasteiger partial charge in [-0.15, -0.1) is 0 Å². The molecule has 2 heterocycles. The zero-order valence-electron chi connectivity index (χ0n) is 14.2. The average Bonchev–Trinajstić information content (AvgIpc) is 2.58. The summed E-state index contributed by atoms with van der Waals surface area (Å²) < 4.78 is 38.1. The Morgan fingerprint density at radius 2 is 2.00 bits per heavy atom. The summed E-state index contributed by atoms with van der Waals surface area (Å²) in [4.78, 5) is 17.5. The van der Waals surface area contributed by atoms with Crippen molar-refractivity contribution in [3.8, 4) is 6.07 Å². The maximum Gasteiger partial charge on any atom is 0.433 e. The molecule has 134 valence electrons. The lowest BCUT2D eigenvalue weighted by Gasteiger charge is -2.33. The molecule has 0 unspecified atom stereocenters. The summed E-state index contributed by atoms with van der Waals surface area (Å²) in [6.07, 6.45) is -1.72. The highest BCUT2D eigenvalue weighted by atomic mass is 19.4. The van der Waals surface area contributed by atoms with Crippen LogP contribution in [0.2, 0.25) is 0 Å². The summed E-state index contributed by atoms with van der Waals surface area (Å²) >= 11 is 0. The Morgan fingerprint density at radius 1 is 1.36 bits per heavy atom. The van der Waals surface area contributed by atoms with Crippen molar-refractivity contribution >= 4 is 12.0 Å². The number of aromatic nitrogens is 1. The molecule has 0 aliphatic carbocycles. The summed E-state index contributed by atoms with van der Waals surface area (Å²) in [5.41, 5.74) is -1.31. The van der Waals surface area contributed by atoms with Crippen LogP contribution < -0.4 is 0 Å². The number of nitrogens with zero attached hydrogens (tertiary/aromatic N) is 3. The molecule has 1 fully saturated rings. The van der Waals surface area contributed by atoms with Gasteiger partial charge in [0.15, 0.2) is 0 Å². The van der Waals surface area contributed by atoms with Gasteiger partial charge >= 0.3 is 6.18 Å². The Morgan fingerprint density at radius 3 is 2.52 bits per heavy atom. The van der Waals surface area contributed by atoms with Crippen LogP contribution in [0.1, 0.15) is 38.1 Å². The third-order valence-corrected chi connectivity index (χ3v) is 4.47. The highest BCUT2D eigenvalue weighted by Crippen LogP contribution is 2.28. The van der Waals surface area contributed by atoms with Crippen LogP contribution in [0.3, 0.4) is 0 Å². The van der Waals surface area contributed by atoms with E-state index < -0.39 is 17.8 Å². The minimum absolute atomic E-state index is 0.0585. The van der Waals surface area contributed by atoms with E-state index in [0.717, 1.165) is 25.0 Å². The lowest BCUT2D eigenvalue weighted by Crippen LogP contribution is -2.40. The number of pyridine rings is 1. The quantitative estimate of drug-likeness (QED) is 0.613. The molecule has 0 saturated carbocycles. The van der Waals surface area contributed by atoms with Crippen LogP contribution in [0.15, 0.2) is 23.8 Å². The van der Waals surface area contributed by atoms with Gasteiger partial charge in [0.1, 0.15) is 17.3 Å². The third-order valence-electron chi connectivity index (χ3n) is 4.47. The maximum absolute atomic E-state index is 12.7. The van der Waals surface area contributed by atoms with Crippen LogP contribution in [0.4, 0.5) is 13.2 Å². The summed E-state index contributed by atoms with van der Waals surface area (Å²) in [6, 6.07) is 5.18. The summed E-state index contributed by atoms with van der Waals surface area (Å²) in [7, 11) is 0. The Kier molecular flexibility index (Phi) is 5.83. The third kappa shape index (κ3) is 4.81. The second kappa shape index (κ2) is 7.68. The number of carbonyl (C=O) groups excluding carboxylic acids is 1. The van der Waals surface area contributed by atoms with E-state index >= 15 is 0 Å². The fourth-order valence-corrected chi connectivity index (χ4v) is 2.92. The topological polar surface area (TPSA) is 57.0 Å². The van der Waals surface area contributed by atoms with Crippen molar-refractivity contribution in [2.75, 3.05) is 13.1 Å². The smallest absolute Gasteiger partial charge is 0.338 e. The van der Waals surface area contributed by atoms with Crippen molar-refractivity contribution < 1.29 is 18.0 Å². The molecule has 1 aromatic rings. The minimum Gasteiger partial charge on any atom is -0.338 e. The van der Waals surface area contributed by atoms with Crippen LogP contribution >= 0.6 is 0 Å². The number of likely N-dealkylation sites (tertiary alicyclic amines) is 1. The molecule has 1 amide bonds. The Balaban J connectivity index is 2.16. The van der Waals surface area contributed by atoms with Crippen LogP contribution in [-0.4, -0.2) is 28.9 Å². The van der Waals surface area contributed by atoms with Crippen LogP contribution in [-0.2, 0) is 11.0 Å². The summed E-state index contributed by atoms with van der Waals surface area (Å²) in [5, 5.41) is 9.24. The number of carbonyl (C=O) groups is 1. The van der Waals surface area contributed by atoms with Gasteiger partial charge in [-0.25, -0.2) is 4.98 Å². The first-order chi connectivity index (χ1) is 11.7. The summed E-state index contributed by atoms with van der Waals surface area (Å²) in [6.45, 7) is 5.39. The molecule has 1 aliphatic heterocycles. The molecule has 0 N–H and O–H groups in total. The molecular formula is C18H20F3N3O. The van der Waals surface area contributed by atoms with E-state index in [1.165, 1.54) is 12.1 Å². The highest BCUT2D eigenvalue weighted by Gasteiger charge is 2.32. The van der Waals surface area contributed by atoms with Gasteiger partial charge in [-0.05, 0) is 42.9 Å². The Bertz CT molecular complexity index is 696. The van der Waals surface area contributed by atoms with E-state index in [-0.39, 0.29) is 11.3 Å². The largest absolute Gasteiger partial charge is 0.433 e. The van der Waals surface area contributed by atoms with Crippen LogP contribution in [0, 0.1) is 23.2 Å². The number of hydrogen-bond acceptors (Lipinski definition) is 3. The molecule has 2 rings (SSSR count). The Labute approximate surface area is 145 Å². The predicted octanol–water partition coefficient (Wildman–Crippen LogP) is 3.90. The van der Waals surface area contributed by atoms with E-state index in [4.69, 9.17) is 0 Å².